The van der Waals surface area contributed by atoms with Gasteiger partial charge >= 0.3 is 6.18 Å². The fourth-order valence-corrected chi connectivity index (χ4v) is 4.84. The number of likely N-dealkylation sites (tertiary alicyclic amines) is 1. The molecular weight excluding hydrogens is 468 g/mol. The molecule has 1 aliphatic heterocycles. The zero-order valence-electron chi connectivity index (χ0n) is 18.3. The number of rotatable bonds is 5. The van der Waals surface area contributed by atoms with Crippen LogP contribution in [0.1, 0.15) is 33.9 Å². The number of benzene rings is 1. The van der Waals surface area contributed by atoms with Crippen LogP contribution in [-0.2, 0) is 6.18 Å². The smallest absolute Gasteiger partial charge is 0.368 e. The quantitative estimate of drug-likeness (QED) is 0.355. The zero-order valence-corrected chi connectivity index (χ0v) is 19.1. The molecule has 0 radical (unpaired) electrons. The van der Waals surface area contributed by atoms with Crippen LogP contribution in [-0.4, -0.2) is 39.9 Å². The summed E-state index contributed by atoms with van der Waals surface area (Å²) >= 11 is 1.35. The van der Waals surface area contributed by atoms with Crippen LogP contribution in [0.15, 0.2) is 54.7 Å². The second-order valence-corrected chi connectivity index (χ2v) is 9.21. The number of halogens is 4. The van der Waals surface area contributed by atoms with Crippen LogP contribution in [0, 0.1) is 12.7 Å². The van der Waals surface area contributed by atoms with Crippen molar-refractivity contribution in [2.45, 2.75) is 32.0 Å². The van der Waals surface area contributed by atoms with Gasteiger partial charge in [0, 0.05) is 19.3 Å². The Labute approximate surface area is 198 Å². The fourth-order valence-electron chi connectivity index (χ4n) is 3.93. The van der Waals surface area contributed by atoms with E-state index in [1.165, 1.54) is 23.5 Å². The highest BCUT2D eigenvalue weighted by Gasteiger charge is 2.34. The summed E-state index contributed by atoms with van der Waals surface area (Å²) < 4.78 is 52.5. The first-order valence-electron chi connectivity index (χ1n) is 10.6. The Balaban J connectivity index is 1.58. The molecule has 0 bridgehead atoms. The molecule has 5 nitrogen and oxygen atoms in total. The van der Waals surface area contributed by atoms with Gasteiger partial charge in [-0.1, -0.05) is 24.3 Å². The molecule has 0 saturated carbocycles. The van der Waals surface area contributed by atoms with Crippen molar-refractivity contribution in [1.29, 1.82) is 0 Å². The highest BCUT2D eigenvalue weighted by atomic mass is 32.1. The fraction of sp³-hybridized carbons (Fsp3) is 0.292. The van der Waals surface area contributed by atoms with Crippen molar-refractivity contribution < 1.29 is 22.4 Å². The molecular formula is C24H22F4N4OS. The van der Waals surface area contributed by atoms with Crippen LogP contribution < -0.4 is 5.32 Å². The van der Waals surface area contributed by atoms with E-state index in [1.807, 2.05) is 0 Å². The van der Waals surface area contributed by atoms with Crippen molar-refractivity contribution in [3.05, 3.63) is 76.8 Å². The molecule has 34 heavy (non-hydrogen) atoms. The van der Waals surface area contributed by atoms with Crippen LogP contribution >= 0.6 is 11.3 Å². The summed E-state index contributed by atoms with van der Waals surface area (Å²) in [5.41, 5.74) is 0.955. The van der Waals surface area contributed by atoms with Gasteiger partial charge in [-0.15, -0.1) is 11.3 Å². The third-order valence-electron chi connectivity index (χ3n) is 5.61. The van der Waals surface area contributed by atoms with Crippen LogP contribution in [0.5, 0.6) is 0 Å². The first-order valence-corrected chi connectivity index (χ1v) is 11.4. The molecule has 3 heterocycles. The maximum Gasteiger partial charge on any atom is 0.416 e. The Bertz CT molecular complexity index is 1210. The van der Waals surface area contributed by atoms with E-state index in [0.29, 0.717) is 28.4 Å². The topological polar surface area (TPSA) is 58.1 Å². The van der Waals surface area contributed by atoms with Gasteiger partial charge in [-0.25, -0.2) is 14.4 Å². The molecule has 10 heteroatoms. The number of hydrogen-bond acceptors (Lipinski definition) is 5. The SMILES string of the molecule is C=C1CCCN(C(=O)c2nc(C)sc2-c2ccc(F)cc2)C1CNc1cc(C(F)(F)F)ccn1. The average Bonchev–Trinajstić information content (AvgIpc) is 3.19. The Kier molecular flexibility index (Phi) is 6.70. The molecule has 2 aromatic heterocycles. The monoisotopic (exact) mass is 490 g/mol. The van der Waals surface area contributed by atoms with Gasteiger partial charge in [0.15, 0.2) is 0 Å². The highest BCUT2D eigenvalue weighted by molar-refractivity contribution is 7.15. The van der Waals surface area contributed by atoms with Crippen molar-refractivity contribution >= 4 is 23.1 Å². The van der Waals surface area contributed by atoms with Crippen molar-refractivity contribution in [2.75, 3.05) is 18.4 Å². The molecule has 1 unspecified atom stereocenters. The summed E-state index contributed by atoms with van der Waals surface area (Å²) in [5, 5.41) is 3.62. The van der Waals surface area contributed by atoms with Gasteiger partial charge in [-0.05, 0) is 49.6 Å². The van der Waals surface area contributed by atoms with Crippen LogP contribution in [0.2, 0.25) is 0 Å². The van der Waals surface area contributed by atoms with Gasteiger partial charge in [0.1, 0.15) is 17.3 Å². The van der Waals surface area contributed by atoms with E-state index in [1.54, 1.807) is 24.0 Å². The number of hydrogen-bond donors (Lipinski definition) is 1. The maximum atomic E-state index is 13.6. The average molecular weight is 491 g/mol. The number of thiazole rings is 1. The minimum Gasteiger partial charge on any atom is -0.368 e. The normalized spacial score (nSPS) is 16.6. The summed E-state index contributed by atoms with van der Waals surface area (Å²) in [5.74, 6) is -0.607. The number of aryl methyl sites for hydroxylation is 1. The molecule has 1 aliphatic rings. The Morgan fingerprint density at radius 2 is 2.00 bits per heavy atom. The lowest BCUT2D eigenvalue weighted by Crippen LogP contribution is -2.48. The summed E-state index contributed by atoms with van der Waals surface area (Å²) in [6, 6.07) is 7.27. The zero-order chi connectivity index (χ0) is 24.5. The van der Waals surface area contributed by atoms with Crippen LogP contribution in [0.3, 0.4) is 0 Å². The van der Waals surface area contributed by atoms with Gasteiger partial charge < -0.3 is 10.2 Å². The second-order valence-electron chi connectivity index (χ2n) is 8.00. The summed E-state index contributed by atoms with van der Waals surface area (Å²) in [6.45, 7) is 6.50. The van der Waals surface area contributed by atoms with E-state index in [2.05, 4.69) is 21.9 Å². The van der Waals surface area contributed by atoms with Crippen LogP contribution in [0.4, 0.5) is 23.4 Å². The molecule has 0 aliphatic carbocycles. The third-order valence-corrected chi connectivity index (χ3v) is 6.63. The van der Waals surface area contributed by atoms with E-state index in [-0.39, 0.29) is 29.8 Å². The number of amides is 1. The Hall–Kier alpha value is -3.27. The molecule has 1 aromatic carbocycles. The maximum absolute atomic E-state index is 13.6. The number of alkyl halides is 3. The first-order chi connectivity index (χ1) is 16.1. The molecule has 1 N–H and O–H groups in total. The van der Waals surface area contributed by atoms with E-state index in [0.717, 1.165) is 30.3 Å². The van der Waals surface area contributed by atoms with Crippen molar-refractivity contribution in [2.24, 2.45) is 0 Å². The number of nitrogens with zero attached hydrogens (tertiary/aromatic N) is 3. The van der Waals surface area contributed by atoms with E-state index >= 15 is 0 Å². The highest BCUT2D eigenvalue weighted by Crippen LogP contribution is 2.33. The molecule has 1 atom stereocenters. The molecule has 1 saturated heterocycles. The minimum absolute atomic E-state index is 0.0668. The van der Waals surface area contributed by atoms with E-state index < -0.39 is 17.8 Å². The second kappa shape index (κ2) is 9.54. The molecule has 1 amide bonds. The lowest BCUT2D eigenvalue weighted by atomic mass is 9.96. The number of carbonyl (C=O) groups is 1. The van der Waals surface area contributed by atoms with Crippen molar-refractivity contribution in [1.82, 2.24) is 14.9 Å². The Morgan fingerprint density at radius 1 is 1.26 bits per heavy atom. The number of aromatic nitrogens is 2. The number of carbonyl (C=O) groups excluding carboxylic acids is 1. The lowest BCUT2D eigenvalue weighted by Gasteiger charge is -2.37. The number of pyridine rings is 1. The third kappa shape index (κ3) is 5.11. The van der Waals surface area contributed by atoms with E-state index in [9.17, 15) is 22.4 Å². The van der Waals surface area contributed by atoms with Crippen LogP contribution in [0.25, 0.3) is 10.4 Å². The van der Waals surface area contributed by atoms with Gasteiger partial charge in [0.25, 0.3) is 5.91 Å². The molecule has 178 valence electrons. The van der Waals surface area contributed by atoms with Gasteiger partial charge in [0.05, 0.1) is 21.5 Å². The predicted octanol–water partition coefficient (Wildman–Crippen LogP) is 5.94. The molecule has 1 fully saturated rings. The number of nitrogens with one attached hydrogen (secondary N) is 1. The van der Waals surface area contributed by atoms with E-state index in [4.69, 9.17) is 0 Å². The predicted molar refractivity (Wildman–Crippen MR) is 123 cm³/mol. The largest absolute Gasteiger partial charge is 0.416 e. The summed E-state index contributed by atoms with van der Waals surface area (Å²) in [4.78, 5) is 24.3. The van der Waals surface area contributed by atoms with Gasteiger partial charge in [-0.3, -0.25) is 4.79 Å². The molecule has 4 rings (SSSR count). The lowest BCUT2D eigenvalue weighted by molar-refractivity contribution is -0.137. The van der Waals surface area contributed by atoms with Crippen molar-refractivity contribution in [3.63, 3.8) is 0 Å². The summed E-state index contributed by atoms with van der Waals surface area (Å²) in [6.07, 6.45) is -1.96. The molecule has 0 spiro atoms. The minimum atomic E-state index is -4.48. The number of piperidine rings is 1. The Morgan fingerprint density at radius 3 is 2.71 bits per heavy atom. The summed E-state index contributed by atoms with van der Waals surface area (Å²) in [7, 11) is 0. The molecule has 3 aromatic rings. The first kappa shape index (κ1) is 23.9. The van der Waals surface area contributed by atoms with Crippen molar-refractivity contribution in [3.8, 4) is 10.4 Å². The van der Waals surface area contributed by atoms with Gasteiger partial charge in [0.2, 0.25) is 0 Å². The standard InChI is InChI=1S/C24H22F4N4OS/c1-14-4-3-11-32(19(14)13-30-20-12-17(9-10-29-20)24(26,27)28)23(33)21-22(34-15(2)31-21)16-5-7-18(25)8-6-16/h5-10,12,19H,1,3-4,11,13H2,2H3,(H,29,30). The number of anilines is 1. The van der Waals surface area contributed by atoms with Gasteiger partial charge in [-0.2, -0.15) is 13.2 Å².